The van der Waals surface area contributed by atoms with Crippen LogP contribution >= 0.6 is 15.9 Å². The van der Waals surface area contributed by atoms with Gasteiger partial charge in [-0.15, -0.1) is 0 Å². The summed E-state index contributed by atoms with van der Waals surface area (Å²) >= 11 is 3.37. The zero-order valence-electron chi connectivity index (χ0n) is 27.2. The van der Waals surface area contributed by atoms with Crippen molar-refractivity contribution in [2.45, 2.75) is 51.6 Å². The molecule has 4 aromatic carbocycles. The lowest BCUT2D eigenvalue weighted by molar-refractivity contribution is -0.140. The summed E-state index contributed by atoms with van der Waals surface area (Å²) in [5, 5.41) is 3.02. The van der Waals surface area contributed by atoms with Crippen LogP contribution in [0, 0.1) is 12.8 Å². The number of aryl methyl sites for hydroxylation is 1. The molecule has 0 radical (unpaired) electrons. The quantitative estimate of drug-likeness (QED) is 0.147. The van der Waals surface area contributed by atoms with Crippen molar-refractivity contribution in [3.8, 4) is 5.75 Å². The molecule has 10 heteroatoms. The van der Waals surface area contributed by atoms with E-state index in [1.807, 2.05) is 82.3 Å². The summed E-state index contributed by atoms with van der Waals surface area (Å²) in [4.78, 5) is 30.1. The van der Waals surface area contributed by atoms with Crippen LogP contribution in [0.2, 0.25) is 0 Å². The van der Waals surface area contributed by atoms with E-state index < -0.39 is 28.5 Å². The van der Waals surface area contributed by atoms with Gasteiger partial charge in [-0.3, -0.25) is 13.9 Å². The molecule has 2 amide bonds. The number of nitrogens with zero attached hydrogens (tertiary/aromatic N) is 2. The van der Waals surface area contributed by atoms with Crippen molar-refractivity contribution in [2.75, 3.05) is 24.0 Å². The van der Waals surface area contributed by atoms with E-state index in [9.17, 15) is 18.0 Å². The number of carbonyl (C=O) groups excluding carboxylic acids is 2. The molecule has 47 heavy (non-hydrogen) atoms. The second-order valence-corrected chi connectivity index (χ2v) is 14.5. The van der Waals surface area contributed by atoms with Gasteiger partial charge in [-0.05, 0) is 85.0 Å². The first-order valence-electron chi connectivity index (χ1n) is 15.7. The number of rotatable bonds is 15. The molecular formula is C37H42BrN3O5S. The number of hydrogen-bond donors (Lipinski definition) is 1. The maximum atomic E-state index is 14.6. The predicted octanol–water partition coefficient (Wildman–Crippen LogP) is 6.76. The minimum Gasteiger partial charge on any atom is -0.494 e. The Balaban J connectivity index is 1.80. The summed E-state index contributed by atoms with van der Waals surface area (Å²) in [5.41, 5.74) is 2.99. The number of nitrogens with one attached hydrogen (secondary N) is 1. The molecule has 0 aromatic heterocycles. The highest BCUT2D eigenvalue weighted by atomic mass is 79.9. The smallest absolute Gasteiger partial charge is 0.264 e. The van der Waals surface area contributed by atoms with Crippen molar-refractivity contribution < 1.29 is 22.7 Å². The summed E-state index contributed by atoms with van der Waals surface area (Å²) in [6.45, 7) is 8.31. The van der Waals surface area contributed by atoms with Crippen LogP contribution in [-0.2, 0) is 32.6 Å². The largest absolute Gasteiger partial charge is 0.494 e. The Morgan fingerprint density at radius 2 is 1.51 bits per heavy atom. The molecule has 0 saturated heterocycles. The Morgan fingerprint density at radius 1 is 0.872 bits per heavy atom. The van der Waals surface area contributed by atoms with Crippen LogP contribution in [0.4, 0.5) is 5.69 Å². The zero-order chi connectivity index (χ0) is 34.0. The van der Waals surface area contributed by atoms with Gasteiger partial charge in [0.25, 0.3) is 10.0 Å². The fraction of sp³-hybridized carbons (Fsp3) is 0.297. The van der Waals surface area contributed by atoms with E-state index in [1.165, 1.54) is 17.0 Å². The lowest BCUT2D eigenvalue weighted by atomic mass is 10.0. The molecule has 0 spiro atoms. The first kappa shape index (κ1) is 35.7. The number of benzene rings is 4. The van der Waals surface area contributed by atoms with Crippen molar-refractivity contribution >= 4 is 43.5 Å². The molecule has 248 valence electrons. The second kappa shape index (κ2) is 16.6. The van der Waals surface area contributed by atoms with Gasteiger partial charge in [0, 0.05) is 24.0 Å². The molecule has 0 aliphatic carbocycles. The van der Waals surface area contributed by atoms with Crippen LogP contribution in [0.1, 0.15) is 37.5 Å². The minimum absolute atomic E-state index is 0.0309. The van der Waals surface area contributed by atoms with Gasteiger partial charge in [-0.1, -0.05) is 84.4 Å². The monoisotopic (exact) mass is 719 g/mol. The Bertz CT molecular complexity index is 1730. The number of carbonyl (C=O) groups is 2. The molecule has 8 nitrogen and oxygen atoms in total. The molecule has 1 N–H and O–H groups in total. The molecule has 0 aliphatic heterocycles. The SMILES string of the molecule is CCOc1ccc(N(CC(=O)N(Cc2ccccc2C)[C@@H](Cc2ccccc2)C(=O)NCC(C)C)S(=O)(=O)c2ccc(Br)cc2)cc1. The molecule has 4 aromatic rings. The Morgan fingerprint density at radius 3 is 2.13 bits per heavy atom. The average molecular weight is 721 g/mol. The van der Waals surface area contributed by atoms with Gasteiger partial charge in [-0.2, -0.15) is 0 Å². The first-order chi connectivity index (χ1) is 22.5. The molecule has 4 rings (SSSR count). The van der Waals surface area contributed by atoms with Gasteiger partial charge in [0.15, 0.2) is 0 Å². The van der Waals surface area contributed by atoms with Crippen LogP contribution in [0.15, 0.2) is 112 Å². The first-order valence-corrected chi connectivity index (χ1v) is 17.9. The third-order valence-corrected chi connectivity index (χ3v) is 9.99. The van der Waals surface area contributed by atoms with Crippen LogP contribution in [0.25, 0.3) is 0 Å². The van der Waals surface area contributed by atoms with E-state index in [4.69, 9.17) is 4.74 Å². The molecule has 0 heterocycles. The highest BCUT2D eigenvalue weighted by molar-refractivity contribution is 9.10. The van der Waals surface area contributed by atoms with Gasteiger partial charge in [-0.25, -0.2) is 8.42 Å². The van der Waals surface area contributed by atoms with Crippen molar-refractivity contribution in [1.82, 2.24) is 10.2 Å². The second-order valence-electron chi connectivity index (χ2n) is 11.7. The van der Waals surface area contributed by atoms with Gasteiger partial charge in [0.1, 0.15) is 18.3 Å². The van der Waals surface area contributed by atoms with E-state index in [0.29, 0.717) is 24.6 Å². The van der Waals surface area contributed by atoms with Gasteiger partial charge in [0.2, 0.25) is 11.8 Å². The van der Waals surface area contributed by atoms with E-state index in [0.717, 1.165) is 25.5 Å². The van der Waals surface area contributed by atoms with E-state index in [2.05, 4.69) is 21.2 Å². The Labute approximate surface area is 286 Å². The average Bonchev–Trinajstić information content (AvgIpc) is 3.06. The molecule has 0 fully saturated rings. The molecular weight excluding hydrogens is 678 g/mol. The number of ether oxygens (including phenoxy) is 1. The van der Waals surface area contributed by atoms with Crippen LogP contribution < -0.4 is 14.4 Å². The van der Waals surface area contributed by atoms with Crippen LogP contribution in [-0.4, -0.2) is 50.9 Å². The lowest BCUT2D eigenvalue weighted by Gasteiger charge is -2.34. The lowest BCUT2D eigenvalue weighted by Crippen LogP contribution is -2.53. The van der Waals surface area contributed by atoms with Crippen molar-refractivity contribution in [1.29, 1.82) is 0 Å². The summed E-state index contributed by atoms with van der Waals surface area (Å²) in [5.74, 6) is -0.0335. The number of halogens is 1. The Kier molecular flexibility index (Phi) is 12.6. The molecule has 0 saturated carbocycles. The van der Waals surface area contributed by atoms with E-state index >= 15 is 0 Å². The minimum atomic E-state index is -4.21. The summed E-state index contributed by atoms with van der Waals surface area (Å²) in [6, 6.07) is 29.2. The van der Waals surface area contributed by atoms with Crippen molar-refractivity contribution in [2.24, 2.45) is 5.92 Å². The fourth-order valence-corrected chi connectivity index (χ4v) is 6.76. The number of hydrogen-bond acceptors (Lipinski definition) is 5. The van der Waals surface area contributed by atoms with E-state index in [1.54, 1.807) is 36.4 Å². The fourth-order valence-electron chi connectivity index (χ4n) is 5.09. The predicted molar refractivity (Wildman–Crippen MR) is 190 cm³/mol. The number of amides is 2. The highest BCUT2D eigenvalue weighted by Gasteiger charge is 2.35. The third kappa shape index (κ3) is 9.68. The van der Waals surface area contributed by atoms with Crippen molar-refractivity contribution in [3.05, 3.63) is 124 Å². The van der Waals surface area contributed by atoms with Gasteiger partial charge < -0.3 is 15.0 Å². The zero-order valence-corrected chi connectivity index (χ0v) is 29.6. The normalized spacial score (nSPS) is 12.0. The van der Waals surface area contributed by atoms with Gasteiger partial charge in [0.05, 0.1) is 17.2 Å². The van der Waals surface area contributed by atoms with E-state index in [-0.39, 0.29) is 29.7 Å². The summed E-state index contributed by atoms with van der Waals surface area (Å²) in [6.07, 6.45) is 0.255. The number of sulfonamides is 1. The third-order valence-electron chi connectivity index (χ3n) is 7.67. The van der Waals surface area contributed by atoms with Crippen LogP contribution in [0.3, 0.4) is 0 Å². The topological polar surface area (TPSA) is 96.0 Å². The number of anilines is 1. The van der Waals surface area contributed by atoms with Crippen LogP contribution in [0.5, 0.6) is 5.75 Å². The summed E-state index contributed by atoms with van der Waals surface area (Å²) < 4.78 is 35.9. The molecule has 0 aliphatic rings. The molecule has 0 unspecified atom stereocenters. The standard InChI is InChI=1S/C37H42BrN3O5S/c1-5-46-33-19-17-32(18-20-33)41(47(44,45)34-21-15-31(38)16-22-34)26-36(42)40(25-30-14-10-9-11-28(30)4)35(37(43)39-24-27(2)3)23-29-12-7-6-8-13-29/h6-22,27,35H,5,23-26H2,1-4H3,(H,39,43)/t35-/m0/s1. The highest BCUT2D eigenvalue weighted by Crippen LogP contribution is 2.28. The van der Waals surface area contributed by atoms with Gasteiger partial charge >= 0.3 is 0 Å². The van der Waals surface area contributed by atoms with Crippen molar-refractivity contribution in [3.63, 3.8) is 0 Å². The molecule has 0 bridgehead atoms. The summed E-state index contributed by atoms with van der Waals surface area (Å²) in [7, 11) is -4.21. The maximum Gasteiger partial charge on any atom is 0.264 e. The molecule has 1 atom stereocenters. The maximum absolute atomic E-state index is 14.6. The Hall–Kier alpha value is -4.15.